The zero-order chi connectivity index (χ0) is 22.9. The van der Waals surface area contributed by atoms with Crippen molar-refractivity contribution in [1.29, 1.82) is 0 Å². The maximum Gasteiger partial charge on any atom is 0.339 e. The summed E-state index contributed by atoms with van der Waals surface area (Å²) in [5.41, 5.74) is 1.38. The molecule has 1 amide bonds. The molecule has 31 heavy (non-hydrogen) atoms. The van der Waals surface area contributed by atoms with Crippen molar-refractivity contribution in [2.45, 2.75) is 49.7 Å². The number of nitrogens with one attached hydrogen (secondary N) is 1. The minimum Gasteiger partial charge on any atom is -0.378 e. The number of carbonyl (C=O) groups is 1. The van der Waals surface area contributed by atoms with Crippen LogP contribution in [0.5, 0.6) is 5.75 Å². The van der Waals surface area contributed by atoms with Gasteiger partial charge in [0, 0.05) is 5.56 Å². The molecule has 9 heteroatoms. The first kappa shape index (κ1) is 23.0. The summed E-state index contributed by atoms with van der Waals surface area (Å²) in [5, 5.41) is 11.0. The minimum absolute atomic E-state index is 0.0692. The van der Waals surface area contributed by atoms with Crippen LogP contribution in [-0.4, -0.2) is 30.5 Å². The van der Waals surface area contributed by atoms with E-state index in [2.05, 4.69) is 36.3 Å². The largest absolute Gasteiger partial charge is 0.378 e. The van der Waals surface area contributed by atoms with E-state index in [0.717, 1.165) is 5.56 Å². The molecule has 1 aliphatic heterocycles. The number of amidine groups is 1. The van der Waals surface area contributed by atoms with Gasteiger partial charge in [-0.2, -0.15) is 13.5 Å². The molecule has 0 unspecified atom stereocenters. The third kappa shape index (κ3) is 5.54. The fourth-order valence-electron chi connectivity index (χ4n) is 2.70. The zero-order valence-corrected chi connectivity index (χ0v) is 19.7. The summed E-state index contributed by atoms with van der Waals surface area (Å²) in [6.45, 7) is 9.76. The lowest BCUT2D eigenvalue weighted by Crippen LogP contribution is -2.30. The molecule has 1 heterocycles. The molecular formula is C22H25N3O4S2. The first-order valence-electron chi connectivity index (χ1n) is 9.64. The number of benzene rings is 2. The predicted octanol–water partition coefficient (Wildman–Crippen LogP) is 4.08. The SMILES string of the molecule is CC1(C)S/C(=N\N=C/c2ccccc2OS(=O)(=O)c2ccc(C(C)(C)C)cc2)NC1=O. The monoisotopic (exact) mass is 459 g/mol. The maximum atomic E-state index is 12.8. The van der Waals surface area contributed by atoms with E-state index in [4.69, 9.17) is 4.18 Å². The van der Waals surface area contributed by atoms with E-state index < -0.39 is 14.9 Å². The van der Waals surface area contributed by atoms with Crippen molar-refractivity contribution in [2.24, 2.45) is 10.2 Å². The van der Waals surface area contributed by atoms with E-state index in [-0.39, 0.29) is 22.0 Å². The Kier molecular flexibility index (Phi) is 6.29. The van der Waals surface area contributed by atoms with Gasteiger partial charge in [-0.3, -0.25) is 4.79 Å². The molecule has 7 nitrogen and oxygen atoms in total. The van der Waals surface area contributed by atoms with Gasteiger partial charge < -0.3 is 9.50 Å². The first-order chi connectivity index (χ1) is 14.4. The zero-order valence-electron chi connectivity index (χ0n) is 18.0. The highest BCUT2D eigenvalue weighted by molar-refractivity contribution is 8.16. The van der Waals surface area contributed by atoms with Crippen LogP contribution >= 0.6 is 11.8 Å². The molecule has 2 aromatic carbocycles. The topological polar surface area (TPSA) is 97.2 Å². The molecule has 1 saturated heterocycles. The van der Waals surface area contributed by atoms with Crippen LogP contribution in [0.4, 0.5) is 0 Å². The summed E-state index contributed by atoms with van der Waals surface area (Å²) in [6.07, 6.45) is 1.39. The van der Waals surface area contributed by atoms with E-state index in [9.17, 15) is 13.2 Å². The third-order valence-corrected chi connectivity index (χ3v) is 6.91. The smallest absolute Gasteiger partial charge is 0.339 e. The summed E-state index contributed by atoms with van der Waals surface area (Å²) in [5.74, 6) is -0.00598. The van der Waals surface area contributed by atoms with E-state index in [1.807, 2.05) is 0 Å². The van der Waals surface area contributed by atoms with Gasteiger partial charge in [-0.05, 0) is 49.1 Å². The molecule has 1 fully saturated rings. The number of rotatable bonds is 5. The number of para-hydroxylation sites is 1. The minimum atomic E-state index is -4.02. The Bertz CT molecular complexity index is 1150. The van der Waals surface area contributed by atoms with Crippen LogP contribution in [0.2, 0.25) is 0 Å². The van der Waals surface area contributed by atoms with Gasteiger partial charge in [0.2, 0.25) is 5.91 Å². The van der Waals surface area contributed by atoms with E-state index in [1.54, 1.807) is 62.4 Å². The van der Waals surface area contributed by atoms with Gasteiger partial charge in [-0.15, -0.1) is 5.10 Å². The van der Waals surface area contributed by atoms with Crippen molar-refractivity contribution in [1.82, 2.24) is 5.32 Å². The predicted molar refractivity (Wildman–Crippen MR) is 124 cm³/mol. The van der Waals surface area contributed by atoms with Crippen molar-refractivity contribution in [3.05, 3.63) is 59.7 Å². The molecule has 1 N–H and O–H groups in total. The maximum absolute atomic E-state index is 12.8. The highest BCUT2D eigenvalue weighted by atomic mass is 32.2. The average molecular weight is 460 g/mol. The average Bonchev–Trinajstić information content (AvgIpc) is 2.94. The van der Waals surface area contributed by atoms with Crippen molar-refractivity contribution >= 4 is 39.2 Å². The molecule has 0 radical (unpaired) electrons. The molecule has 3 rings (SSSR count). The Morgan fingerprint density at radius 3 is 2.29 bits per heavy atom. The van der Waals surface area contributed by atoms with Crippen LogP contribution in [0.15, 0.2) is 63.6 Å². The number of carbonyl (C=O) groups excluding carboxylic acids is 1. The first-order valence-corrected chi connectivity index (χ1v) is 11.9. The van der Waals surface area contributed by atoms with E-state index >= 15 is 0 Å². The second-order valence-corrected chi connectivity index (χ2v) is 11.7. The van der Waals surface area contributed by atoms with Gasteiger partial charge in [-0.25, -0.2) is 0 Å². The fourth-order valence-corrected chi connectivity index (χ4v) is 4.51. The number of hydrogen-bond acceptors (Lipinski definition) is 7. The van der Waals surface area contributed by atoms with E-state index in [0.29, 0.717) is 10.7 Å². The van der Waals surface area contributed by atoms with Gasteiger partial charge in [0.05, 0.1) is 11.0 Å². The molecule has 0 spiro atoms. The second kappa shape index (κ2) is 8.47. The van der Waals surface area contributed by atoms with Crippen molar-refractivity contribution in [3.8, 4) is 5.75 Å². The summed E-state index contributed by atoms with van der Waals surface area (Å²) in [6, 6.07) is 13.3. The Balaban J connectivity index is 1.80. The third-order valence-electron chi connectivity index (χ3n) is 4.59. The van der Waals surface area contributed by atoms with Crippen molar-refractivity contribution in [3.63, 3.8) is 0 Å². The Morgan fingerprint density at radius 1 is 1.06 bits per heavy atom. The van der Waals surface area contributed by atoms with Crippen molar-refractivity contribution < 1.29 is 17.4 Å². The summed E-state index contributed by atoms with van der Waals surface area (Å²) < 4.78 is 30.3. The van der Waals surface area contributed by atoms with Gasteiger partial charge in [0.25, 0.3) is 0 Å². The Labute approximate surface area is 187 Å². The van der Waals surface area contributed by atoms with Gasteiger partial charge in [0.15, 0.2) is 10.9 Å². The molecular weight excluding hydrogens is 434 g/mol. The summed E-state index contributed by atoms with van der Waals surface area (Å²) >= 11 is 1.27. The normalized spacial score (nSPS) is 17.8. The Hall–Kier alpha value is -2.65. The van der Waals surface area contributed by atoms with Crippen LogP contribution in [0.25, 0.3) is 0 Å². The standard InChI is InChI=1S/C22H25N3O4S2/c1-21(2,3)16-10-12-17(13-11-16)31(27,28)29-18-9-7-6-8-15(18)14-23-25-20-24-19(26)22(4,5)30-20/h6-14H,1-5H3,(H,24,25,26)/b23-14-. The van der Waals surface area contributed by atoms with Crippen LogP contribution in [0, 0.1) is 0 Å². The Morgan fingerprint density at radius 2 is 1.71 bits per heavy atom. The molecule has 2 aromatic rings. The van der Waals surface area contributed by atoms with Crippen LogP contribution < -0.4 is 9.50 Å². The molecule has 164 valence electrons. The number of thioether (sulfide) groups is 1. The molecule has 0 aromatic heterocycles. The fraction of sp³-hybridized carbons (Fsp3) is 0.318. The molecule has 1 aliphatic rings. The van der Waals surface area contributed by atoms with Gasteiger partial charge in [0.1, 0.15) is 4.90 Å². The molecule has 0 saturated carbocycles. The lowest BCUT2D eigenvalue weighted by atomic mass is 9.87. The van der Waals surface area contributed by atoms with E-state index in [1.165, 1.54) is 18.0 Å². The highest BCUT2D eigenvalue weighted by Gasteiger charge is 2.38. The number of nitrogens with zero attached hydrogens (tertiary/aromatic N) is 2. The van der Waals surface area contributed by atoms with Gasteiger partial charge >= 0.3 is 10.1 Å². The quantitative estimate of drug-likeness (QED) is 0.413. The summed E-state index contributed by atoms with van der Waals surface area (Å²) in [7, 11) is -4.02. The molecule has 0 bridgehead atoms. The summed E-state index contributed by atoms with van der Waals surface area (Å²) in [4.78, 5) is 11.9. The number of amides is 1. The lowest BCUT2D eigenvalue weighted by molar-refractivity contribution is -0.120. The molecule has 0 atom stereocenters. The lowest BCUT2D eigenvalue weighted by Gasteiger charge is -2.19. The van der Waals surface area contributed by atoms with Crippen LogP contribution in [0.3, 0.4) is 0 Å². The van der Waals surface area contributed by atoms with Crippen molar-refractivity contribution in [2.75, 3.05) is 0 Å². The molecule has 0 aliphatic carbocycles. The van der Waals surface area contributed by atoms with Crippen LogP contribution in [-0.2, 0) is 20.3 Å². The highest BCUT2D eigenvalue weighted by Crippen LogP contribution is 2.30. The number of hydrogen-bond donors (Lipinski definition) is 1. The van der Waals surface area contributed by atoms with Gasteiger partial charge in [-0.1, -0.05) is 56.8 Å². The van der Waals surface area contributed by atoms with Crippen LogP contribution in [0.1, 0.15) is 45.7 Å². The second-order valence-electron chi connectivity index (χ2n) is 8.57.